The van der Waals surface area contributed by atoms with Crippen molar-refractivity contribution >= 4 is 11.3 Å². The molecule has 0 bridgehead atoms. The van der Waals surface area contributed by atoms with Gasteiger partial charge in [-0.1, -0.05) is 6.08 Å². The third-order valence-electron chi connectivity index (χ3n) is 2.56. The normalized spacial score (nSPS) is 12.1. The highest BCUT2D eigenvalue weighted by molar-refractivity contribution is 7.09. The molecular weight excluding hydrogens is 258 g/mol. The fourth-order valence-electron chi connectivity index (χ4n) is 1.63. The van der Waals surface area contributed by atoms with Gasteiger partial charge in [0.05, 0.1) is 12.3 Å². The first-order chi connectivity index (χ1) is 8.94. The van der Waals surface area contributed by atoms with Crippen molar-refractivity contribution in [2.24, 2.45) is 0 Å². The van der Waals surface area contributed by atoms with Gasteiger partial charge in [0.15, 0.2) is 0 Å². The second-order valence-electron chi connectivity index (χ2n) is 5.58. The molecule has 19 heavy (non-hydrogen) atoms. The van der Waals surface area contributed by atoms with Gasteiger partial charge in [-0.25, -0.2) is 4.98 Å². The molecule has 1 heterocycles. The van der Waals surface area contributed by atoms with Crippen LogP contribution in [-0.4, -0.2) is 40.2 Å². The summed E-state index contributed by atoms with van der Waals surface area (Å²) in [6.07, 6.45) is 1.85. The smallest absolute Gasteiger partial charge is 0.107 e. The highest BCUT2D eigenvalue weighted by atomic mass is 32.1. The molecule has 0 radical (unpaired) electrons. The van der Waals surface area contributed by atoms with E-state index >= 15 is 0 Å². The van der Waals surface area contributed by atoms with E-state index in [4.69, 9.17) is 5.11 Å². The zero-order valence-corrected chi connectivity index (χ0v) is 13.0. The molecule has 0 saturated carbocycles. The van der Waals surface area contributed by atoms with E-state index in [1.807, 2.05) is 6.08 Å². The average Bonchev–Trinajstić information content (AvgIpc) is 2.74. The van der Waals surface area contributed by atoms with Crippen LogP contribution in [-0.2, 0) is 13.1 Å². The van der Waals surface area contributed by atoms with Gasteiger partial charge in [0.2, 0.25) is 0 Å². The molecule has 0 fully saturated rings. The Kier molecular flexibility index (Phi) is 6.65. The van der Waals surface area contributed by atoms with Crippen LogP contribution in [0.4, 0.5) is 0 Å². The van der Waals surface area contributed by atoms with Crippen molar-refractivity contribution in [2.45, 2.75) is 39.4 Å². The number of nitrogens with zero attached hydrogens (tertiary/aromatic N) is 2. The molecule has 108 valence electrons. The zero-order valence-electron chi connectivity index (χ0n) is 12.1. The van der Waals surface area contributed by atoms with E-state index in [1.165, 1.54) is 0 Å². The second-order valence-corrected chi connectivity index (χ2v) is 6.53. The van der Waals surface area contributed by atoms with Gasteiger partial charge in [0, 0.05) is 37.1 Å². The Morgan fingerprint density at radius 1 is 1.53 bits per heavy atom. The standard InChI is InChI=1S/C14H25N3OS/c1-5-6-17(7-8-18)10-12-11-19-13(16-12)9-15-14(2,3)4/h5,11,15,18H,1,6-10H2,2-4H3. The van der Waals surface area contributed by atoms with E-state index in [0.717, 1.165) is 30.3 Å². The second kappa shape index (κ2) is 7.75. The molecule has 0 aliphatic carbocycles. The Morgan fingerprint density at radius 3 is 2.84 bits per heavy atom. The van der Waals surface area contributed by atoms with E-state index in [2.05, 4.69) is 47.9 Å². The van der Waals surface area contributed by atoms with Gasteiger partial charge in [-0.15, -0.1) is 17.9 Å². The third kappa shape index (κ3) is 6.82. The Labute approximate surface area is 120 Å². The quantitative estimate of drug-likeness (QED) is 0.717. The number of rotatable bonds is 8. The van der Waals surface area contributed by atoms with Crippen LogP contribution in [0.15, 0.2) is 18.0 Å². The molecule has 5 heteroatoms. The number of aromatic nitrogens is 1. The van der Waals surface area contributed by atoms with Crippen LogP contribution in [0.25, 0.3) is 0 Å². The van der Waals surface area contributed by atoms with E-state index in [0.29, 0.717) is 6.54 Å². The van der Waals surface area contributed by atoms with Gasteiger partial charge in [0.25, 0.3) is 0 Å². The lowest BCUT2D eigenvalue weighted by atomic mass is 10.1. The summed E-state index contributed by atoms with van der Waals surface area (Å²) in [5.74, 6) is 0. The van der Waals surface area contributed by atoms with Crippen molar-refractivity contribution in [3.8, 4) is 0 Å². The van der Waals surface area contributed by atoms with Crippen LogP contribution in [0.3, 0.4) is 0 Å². The van der Waals surface area contributed by atoms with E-state index in [9.17, 15) is 0 Å². The maximum Gasteiger partial charge on any atom is 0.107 e. The first-order valence-corrected chi connectivity index (χ1v) is 7.45. The molecule has 0 spiro atoms. The number of aliphatic hydroxyl groups excluding tert-OH is 1. The molecule has 4 nitrogen and oxygen atoms in total. The molecule has 1 aromatic heterocycles. The number of thiazole rings is 1. The lowest BCUT2D eigenvalue weighted by Gasteiger charge is -2.19. The fourth-order valence-corrected chi connectivity index (χ4v) is 2.36. The van der Waals surface area contributed by atoms with E-state index in [-0.39, 0.29) is 12.1 Å². The van der Waals surface area contributed by atoms with Crippen molar-refractivity contribution in [3.05, 3.63) is 28.7 Å². The van der Waals surface area contributed by atoms with Crippen LogP contribution in [0.1, 0.15) is 31.5 Å². The Bertz CT molecular complexity index is 384. The topological polar surface area (TPSA) is 48.4 Å². The molecule has 2 N–H and O–H groups in total. The summed E-state index contributed by atoms with van der Waals surface area (Å²) in [6, 6.07) is 0. The summed E-state index contributed by atoms with van der Waals surface area (Å²) in [5.41, 5.74) is 1.17. The summed E-state index contributed by atoms with van der Waals surface area (Å²) in [5, 5.41) is 15.6. The van der Waals surface area contributed by atoms with Gasteiger partial charge in [0.1, 0.15) is 5.01 Å². The predicted molar refractivity (Wildman–Crippen MR) is 81.3 cm³/mol. The van der Waals surface area contributed by atoms with Crippen LogP contribution >= 0.6 is 11.3 Å². The summed E-state index contributed by atoms with van der Waals surface area (Å²) in [6.45, 7) is 13.3. The van der Waals surface area contributed by atoms with Crippen LogP contribution in [0.2, 0.25) is 0 Å². The van der Waals surface area contributed by atoms with Crippen molar-refractivity contribution < 1.29 is 5.11 Å². The summed E-state index contributed by atoms with van der Waals surface area (Å²) >= 11 is 1.68. The minimum absolute atomic E-state index is 0.109. The Balaban J connectivity index is 2.51. The molecule has 0 aliphatic rings. The highest BCUT2D eigenvalue weighted by Crippen LogP contribution is 2.13. The SMILES string of the molecule is C=CCN(CCO)Cc1csc(CNC(C)(C)C)n1. The number of hydrogen-bond acceptors (Lipinski definition) is 5. The van der Waals surface area contributed by atoms with Gasteiger partial charge in [-0.05, 0) is 20.8 Å². The zero-order chi connectivity index (χ0) is 14.3. The Morgan fingerprint density at radius 2 is 2.26 bits per heavy atom. The highest BCUT2D eigenvalue weighted by Gasteiger charge is 2.11. The Hall–Kier alpha value is -0.750. The molecular formula is C14H25N3OS. The van der Waals surface area contributed by atoms with Gasteiger partial charge < -0.3 is 10.4 Å². The molecule has 0 aliphatic heterocycles. The van der Waals surface area contributed by atoms with Crippen molar-refractivity contribution in [1.82, 2.24) is 15.2 Å². The van der Waals surface area contributed by atoms with Crippen molar-refractivity contribution in [1.29, 1.82) is 0 Å². The van der Waals surface area contributed by atoms with Crippen LogP contribution in [0.5, 0.6) is 0 Å². The maximum absolute atomic E-state index is 9.02. The van der Waals surface area contributed by atoms with Crippen LogP contribution < -0.4 is 5.32 Å². The van der Waals surface area contributed by atoms with Crippen molar-refractivity contribution in [2.75, 3.05) is 19.7 Å². The number of aliphatic hydroxyl groups is 1. The van der Waals surface area contributed by atoms with Crippen molar-refractivity contribution in [3.63, 3.8) is 0 Å². The molecule has 0 unspecified atom stereocenters. The minimum atomic E-state index is 0.109. The summed E-state index contributed by atoms with van der Waals surface area (Å²) < 4.78 is 0. The van der Waals surface area contributed by atoms with E-state index in [1.54, 1.807) is 11.3 Å². The molecule has 1 aromatic rings. The molecule has 0 saturated heterocycles. The third-order valence-corrected chi connectivity index (χ3v) is 3.46. The van der Waals surface area contributed by atoms with Gasteiger partial charge in [-0.3, -0.25) is 4.90 Å². The van der Waals surface area contributed by atoms with Gasteiger partial charge >= 0.3 is 0 Å². The molecule has 1 rings (SSSR count). The maximum atomic E-state index is 9.02. The summed E-state index contributed by atoms with van der Waals surface area (Å²) in [4.78, 5) is 6.74. The lowest BCUT2D eigenvalue weighted by Crippen LogP contribution is -2.35. The summed E-state index contributed by atoms with van der Waals surface area (Å²) in [7, 11) is 0. The molecule has 0 amide bonds. The van der Waals surface area contributed by atoms with Crippen LogP contribution in [0, 0.1) is 0 Å². The molecule has 0 aromatic carbocycles. The first kappa shape index (κ1) is 16.3. The van der Waals surface area contributed by atoms with E-state index < -0.39 is 0 Å². The predicted octanol–water partition coefficient (Wildman–Crippen LogP) is 2.01. The monoisotopic (exact) mass is 283 g/mol. The largest absolute Gasteiger partial charge is 0.395 e. The number of nitrogens with one attached hydrogen (secondary N) is 1. The number of hydrogen-bond donors (Lipinski definition) is 2. The average molecular weight is 283 g/mol. The lowest BCUT2D eigenvalue weighted by molar-refractivity contribution is 0.202. The first-order valence-electron chi connectivity index (χ1n) is 6.57. The van der Waals surface area contributed by atoms with Gasteiger partial charge in [-0.2, -0.15) is 0 Å². The minimum Gasteiger partial charge on any atom is -0.395 e. The molecule has 0 atom stereocenters. The fraction of sp³-hybridized carbons (Fsp3) is 0.643.